The number of carbonyl (C=O) groups is 1. The monoisotopic (exact) mass is 249 g/mol. The Kier molecular flexibility index (Phi) is 5.32. The number of nitrogens with two attached hydrogens (primary N) is 1. The van der Waals surface area contributed by atoms with E-state index in [4.69, 9.17) is 10.5 Å². The molecule has 3 N–H and O–H groups in total. The van der Waals surface area contributed by atoms with Crippen LogP contribution in [0.4, 0.5) is 4.79 Å². The largest absolute Gasteiger partial charge is 0.437 e. The van der Waals surface area contributed by atoms with Gasteiger partial charge in [0, 0.05) is 19.3 Å². The van der Waals surface area contributed by atoms with Crippen LogP contribution >= 0.6 is 0 Å². The second-order valence-corrected chi connectivity index (χ2v) is 4.20. The van der Waals surface area contributed by atoms with Crippen LogP contribution < -0.4 is 11.1 Å². The molecule has 98 valence electrons. The summed E-state index contributed by atoms with van der Waals surface area (Å²) < 4.78 is 5.33. The highest BCUT2D eigenvalue weighted by Crippen LogP contribution is 2.22. The van der Waals surface area contributed by atoms with Crippen LogP contribution in [0.3, 0.4) is 0 Å². The number of aromatic nitrogens is 1. The van der Waals surface area contributed by atoms with Gasteiger partial charge in [-0.2, -0.15) is 0 Å². The molecule has 0 atom stereocenters. The van der Waals surface area contributed by atoms with Crippen LogP contribution in [0.2, 0.25) is 0 Å². The summed E-state index contributed by atoms with van der Waals surface area (Å²) in [4.78, 5) is 15.7. The Bertz CT molecular complexity index is 402. The molecular formula is C13H19N3O2. The lowest BCUT2D eigenvalue weighted by atomic mass is 10.0. The van der Waals surface area contributed by atoms with Crippen molar-refractivity contribution in [3.05, 3.63) is 42.2 Å². The van der Waals surface area contributed by atoms with Crippen molar-refractivity contribution >= 4 is 6.09 Å². The normalized spacial score (nSPS) is 11.5. The van der Waals surface area contributed by atoms with E-state index in [-0.39, 0.29) is 0 Å². The molecule has 0 spiro atoms. The first-order valence-electron chi connectivity index (χ1n) is 5.79. The van der Waals surface area contributed by atoms with Gasteiger partial charge in [-0.3, -0.25) is 4.98 Å². The molecule has 0 radical (unpaired) electrons. The first-order chi connectivity index (χ1) is 8.56. The molecule has 0 aromatic carbocycles. The topological polar surface area (TPSA) is 77.2 Å². The lowest BCUT2D eigenvalue weighted by Crippen LogP contribution is -2.33. The van der Waals surface area contributed by atoms with Crippen molar-refractivity contribution < 1.29 is 9.53 Å². The molecule has 0 aliphatic rings. The molecule has 0 fully saturated rings. The van der Waals surface area contributed by atoms with E-state index in [1.807, 2.05) is 18.2 Å². The summed E-state index contributed by atoms with van der Waals surface area (Å²) in [7, 11) is 0. The Labute approximate surface area is 107 Å². The average Bonchev–Trinajstić information content (AvgIpc) is 2.35. The Hall–Kier alpha value is -1.88. The third-order valence-electron chi connectivity index (χ3n) is 2.30. The van der Waals surface area contributed by atoms with Crippen molar-refractivity contribution in [1.82, 2.24) is 10.3 Å². The number of nitrogens with zero attached hydrogens (tertiary/aromatic N) is 1. The predicted molar refractivity (Wildman–Crippen MR) is 69.9 cm³/mol. The summed E-state index contributed by atoms with van der Waals surface area (Å²) in [5, 5.41) is 2.61. The molecule has 1 rings (SSSR count). The zero-order chi connectivity index (χ0) is 13.4. The number of rotatable bonds is 5. The number of ether oxygens (including phenoxy) is 1. The van der Waals surface area contributed by atoms with E-state index in [0.717, 1.165) is 0 Å². The first-order valence-corrected chi connectivity index (χ1v) is 5.79. The summed E-state index contributed by atoms with van der Waals surface area (Å²) in [5.74, 6) is 0. The van der Waals surface area contributed by atoms with Crippen LogP contribution in [-0.4, -0.2) is 24.2 Å². The van der Waals surface area contributed by atoms with Crippen LogP contribution in [-0.2, 0) is 10.3 Å². The third-order valence-corrected chi connectivity index (χ3v) is 2.30. The van der Waals surface area contributed by atoms with Crippen LogP contribution in [0.5, 0.6) is 0 Å². The van der Waals surface area contributed by atoms with Crippen LogP contribution in [0, 0.1) is 0 Å². The summed E-state index contributed by atoms with van der Waals surface area (Å²) in [6.07, 6.45) is 4.73. The molecule has 0 saturated heterocycles. The number of carbonyl (C=O) groups excluding carboxylic acids is 1. The quantitative estimate of drug-likeness (QED) is 0.776. The van der Waals surface area contributed by atoms with E-state index in [2.05, 4.69) is 10.3 Å². The lowest BCUT2D eigenvalue weighted by molar-refractivity contribution is 0.0339. The van der Waals surface area contributed by atoms with Gasteiger partial charge in [0.1, 0.15) is 0 Å². The van der Waals surface area contributed by atoms with Crippen LogP contribution in [0.1, 0.15) is 19.5 Å². The fourth-order valence-corrected chi connectivity index (χ4v) is 1.36. The van der Waals surface area contributed by atoms with Crippen molar-refractivity contribution in [2.45, 2.75) is 19.4 Å². The van der Waals surface area contributed by atoms with Crippen molar-refractivity contribution in [2.75, 3.05) is 13.1 Å². The van der Waals surface area contributed by atoms with Gasteiger partial charge < -0.3 is 15.8 Å². The van der Waals surface area contributed by atoms with Gasteiger partial charge in [-0.05, 0) is 26.0 Å². The van der Waals surface area contributed by atoms with Crippen LogP contribution in [0.25, 0.3) is 0 Å². The molecule has 0 bridgehead atoms. The zero-order valence-electron chi connectivity index (χ0n) is 10.7. The van der Waals surface area contributed by atoms with E-state index in [0.29, 0.717) is 18.8 Å². The lowest BCUT2D eigenvalue weighted by Gasteiger charge is -2.24. The number of hydrogen-bond donors (Lipinski definition) is 2. The fourth-order valence-electron chi connectivity index (χ4n) is 1.36. The second kappa shape index (κ2) is 6.76. The zero-order valence-corrected chi connectivity index (χ0v) is 10.7. The standard InChI is InChI=1S/C13H19N3O2/c1-13(2,11-7-3-5-9-15-11)18-12(17)16-10-6-4-8-14/h3-7,9H,8,10,14H2,1-2H3,(H,16,17)/b6-4+. The van der Waals surface area contributed by atoms with Gasteiger partial charge in [0.05, 0.1) is 5.69 Å². The van der Waals surface area contributed by atoms with Gasteiger partial charge >= 0.3 is 6.09 Å². The van der Waals surface area contributed by atoms with Gasteiger partial charge in [-0.15, -0.1) is 0 Å². The van der Waals surface area contributed by atoms with E-state index < -0.39 is 11.7 Å². The van der Waals surface area contributed by atoms with Gasteiger partial charge in [0.15, 0.2) is 5.60 Å². The highest BCUT2D eigenvalue weighted by molar-refractivity contribution is 5.68. The highest BCUT2D eigenvalue weighted by atomic mass is 16.6. The number of hydrogen-bond acceptors (Lipinski definition) is 4. The number of amides is 1. The Morgan fingerprint density at radius 3 is 2.89 bits per heavy atom. The summed E-state index contributed by atoms with van der Waals surface area (Å²) in [6, 6.07) is 5.49. The molecule has 1 amide bonds. The smallest absolute Gasteiger partial charge is 0.408 e. The fraction of sp³-hybridized carbons (Fsp3) is 0.385. The van der Waals surface area contributed by atoms with Gasteiger partial charge in [0.25, 0.3) is 0 Å². The predicted octanol–water partition coefficient (Wildman–Crippen LogP) is 1.56. The maximum absolute atomic E-state index is 11.6. The van der Waals surface area contributed by atoms with Crippen molar-refractivity contribution in [2.24, 2.45) is 5.73 Å². The molecule has 0 saturated carbocycles. The minimum absolute atomic E-state index is 0.397. The molecule has 0 aliphatic carbocycles. The number of pyridine rings is 1. The summed E-state index contributed by atoms with van der Waals surface area (Å²) in [5.41, 5.74) is 5.23. The molecule has 0 unspecified atom stereocenters. The first kappa shape index (κ1) is 14.2. The highest BCUT2D eigenvalue weighted by Gasteiger charge is 2.26. The van der Waals surface area contributed by atoms with E-state index in [1.54, 1.807) is 32.2 Å². The van der Waals surface area contributed by atoms with Crippen molar-refractivity contribution in [3.63, 3.8) is 0 Å². The molecule has 1 aromatic rings. The Morgan fingerprint density at radius 2 is 2.28 bits per heavy atom. The van der Waals surface area contributed by atoms with Crippen LogP contribution in [0.15, 0.2) is 36.5 Å². The second-order valence-electron chi connectivity index (χ2n) is 4.20. The van der Waals surface area contributed by atoms with E-state index >= 15 is 0 Å². The SMILES string of the molecule is CC(C)(OC(=O)NC/C=C/CN)c1ccccn1. The number of alkyl carbamates (subject to hydrolysis) is 1. The molecule has 1 aromatic heterocycles. The maximum atomic E-state index is 11.6. The Morgan fingerprint density at radius 1 is 1.50 bits per heavy atom. The summed E-state index contributed by atoms with van der Waals surface area (Å²) in [6.45, 7) is 4.44. The van der Waals surface area contributed by atoms with Gasteiger partial charge in [0.2, 0.25) is 0 Å². The van der Waals surface area contributed by atoms with Crippen molar-refractivity contribution in [3.8, 4) is 0 Å². The third kappa shape index (κ3) is 4.55. The average molecular weight is 249 g/mol. The molecule has 0 aliphatic heterocycles. The molecule has 5 heteroatoms. The minimum atomic E-state index is -0.761. The molecule has 5 nitrogen and oxygen atoms in total. The molecule has 18 heavy (non-hydrogen) atoms. The number of nitrogens with one attached hydrogen (secondary N) is 1. The van der Waals surface area contributed by atoms with Crippen molar-refractivity contribution in [1.29, 1.82) is 0 Å². The van der Waals surface area contributed by atoms with E-state index in [1.165, 1.54) is 0 Å². The van der Waals surface area contributed by atoms with E-state index in [9.17, 15) is 4.79 Å². The van der Waals surface area contributed by atoms with Gasteiger partial charge in [-0.25, -0.2) is 4.79 Å². The minimum Gasteiger partial charge on any atom is -0.437 e. The van der Waals surface area contributed by atoms with Gasteiger partial charge in [-0.1, -0.05) is 18.2 Å². The molecule has 1 heterocycles. The summed E-state index contributed by atoms with van der Waals surface area (Å²) >= 11 is 0. The Balaban J connectivity index is 2.50. The maximum Gasteiger partial charge on any atom is 0.408 e. The molecular weight excluding hydrogens is 230 g/mol.